The second kappa shape index (κ2) is 9.98. The lowest BCUT2D eigenvalue weighted by Crippen LogP contribution is -2.46. The second-order valence-corrected chi connectivity index (χ2v) is 11.8. The zero-order valence-corrected chi connectivity index (χ0v) is 22.5. The molecule has 38 heavy (non-hydrogen) atoms. The van der Waals surface area contributed by atoms with Gasteiger partial charge in [-0.15, -0.1) is 5.10 Å². The number of rotatable bonds is 6. The number of nitrogens with zero attached hydrogens (tertiary/aromatic N) is 6. The molecular weight excluding hydrogens is 520 g/mol. The van der Waals surface area contributed by atoms with Crippen molar-refractivity contribution in [2.24, 2.45) is 0 Å². The minimum atomic E-state index is -3.92. The number of fused-ring (bicyclic) bond motifs is 3. The third-order valence-corrected chi connectivity index (χ3v) is 8.97. The summed E-state index contributed by atoms with van der Waals surface area (Å²) in [6, 6.07) is 22.8. The Labute approximate surface area is 226 Å². The normalized spacial score (nSPS) is 14.9. The lowest BCUT2D eigenvalue weighted by Gasteiger charge is -2.36. The van der Waals surface area contributed by atoms with Crippen molar-refractivity contribution in [1.29, 1.82) is 0 Å². The van der Waals surface area contributed by atoms with Crippen molar-refractivity contribution in [1.82, 2.24) is 24.7 Å². The van der Waals surface area contributed by atoms with Crippen LogP contribution in [0.15, 0.2) is 82.7 Å². The molecule has 194 valence electrons. The fraction of sp³-hybridized carbons (Fsp3) is 0.250. The summed E-state index contributed by atoms with van der Waals surface area (Å²) in [5, 5.41) is 9.54. The minimum absolute atomic E-state index is 0.150. The monoisotopic (exact) mass is 546 g/mol. The highest BCUT2D eigenvalue weighted by Gasteiger charge is 2.29. The summed E-state index contributed by atoms with van der Waals surface area (Å²) in [6.07, 6.45) is 0.827. The van der Waals surface area contributed by atoms with Gasteiger partial charge in [-0.05, 0) is 47.9 Å². The van der Waals surface area contributed by atoms with E-state index in [0.29, 0.717) is 16.4 Å². The molecule has 0 radical (unpaired) electrons. The molecule has 1 fully saturated rings. The average Bonchev–Trinajstić information content (AvgIpc) is 3.39. The van der Waals surface area contributed by atoms with Crippen LogP contribution in [0.4, 0.5) is 5.82 Å². The second-order valence-electron chi connectivity index (χ2n) is 9.48. The maximum Gasteiger partial charge on any atom is 0.229 e. The van der Waals surface area contributed by atoms with E-state index in [1.54, 1.807) is 18.2 Å². The topological polar surface area (TPSA) is 83.7 Å². The van der Waals surface area contributed by atoms with Gasteiger partial charge in [-0.2, -0.15) is 4.52 Å². The highest BCUT2D eigenvalue weighted by atomic mass is 35.5. The Morgan fingerprint density at radius 3 is 2.34 bits per heavy atom. The molecule has 0 bridgehead atoms. The summed E-state index contributed by atoms with van der Waals surface area (Å²) in [5.74, 6) is 0.689. The van der Waals surface area contributed by atoms with Crippen LogP contribution in [0.5, 0.6) is 0 Å². The van der Waals surface area contributed by atoms with Crippen LogP contribution in [-0.4, -0.2) is 59.3 Å². The van der Waals surface area contributed by atoms with Gasteiger partial charge in [0.1, 0.15) is 5.82 Å². The summed E-state index contributed by atoms with van der Waals surface area (Å²) >= 11 is 6.38. The number of piperazine rings is 1. The van der Waals surface area contributed by atoms with Gasteiger partial charge >= 0.3 is 0 Å². The van der Waals surface area contributed by atoms with Crippen molar-refractivity contribution >= 4 is 43.8 Å². The highest BCUT2D eigenvalue weighted by molar-refractivity contribution is 7.91. The number of hydrogen-bond acceptors (Lipinski definition) is 7. The third kappa shape index (κ3) is 4.51. The SMILES string of the molecule is CCc1ccc(S(=O)(=O)c2nnn3c2nc(N2CCN(Cc4ccccc4)CC2)c2cc(Cl)ccc23)cc1. The maximum atomic E-state index is 13.6. The quantitative estimate of drug-likeness (QED) is 0.306. The predicted molar refractivity (Wildman–Crippen MR) is 149 cm³/mol. The Hall–Kier alpha value is -3.53. The molecule has 1 aliphatic heterocycles. The lowest BCUT2D eigenvalue weighted by atomic mass is 10.2. The van der Waals surface area contributed by atoms with Gasteiger partial charge < -0.3 is 4.90 Å². The molecule has 8 nitrogen and oxygen atoms in total. The number of sulfone groups is 1. The Balaban J connectivity index is 1.39. The molecule has 0 saturated carbocycles. The van der Waals surface area contributed by atoms with Crippen molar-refractivity contribution in [3.05, 3.63) is 88.9 Å². The first-order valence-electron chi connectivity index (χ1n) is 12.6. The first-order valence-corrected chi connectivity index (χ1v) is 14.5. The molecule has 1 saturated heterocycles. The molecule has 1 aliphatic rings. The van der Waals surface area contributed by atoms with E-state index in [4.69, 9.17) is 16.6 Å². The van der Waals surface area contributed by atoms with Gasteiger partial charge in [-0.1, -0.05) is 66.2 Å². The van der Waals surface area contributed by atoms with E-state index in [1.165, 1.54) is 10.1 Å². The van der Waals surface area contributed by atoms with Crippen molar-refractivity contribution in [3.63, 3.8) is 0 Å². The molecule has 3 aromatic carbocycles. The van der Waals surface area contributed by atoms with Gasteiger partial charge in [0.05, 0.1) is 10.4 Å². The van der Waals surface area contributed by atoms with Crippen LogP contribution in [0, 0.1) is 0 Å². The molecule has 6 rings (SSSR count). The van der Waals surface area contributed by atoms with Crippen LogP contribution in [0.25, 0.3) is 16.6 Å². The molecule has 5 aromatic rings. The molecule has 0 N–H and O–H groups in total. The van der Waals surface area contributed by atoms with E-state index in [0.717, 1.165) is 50.1 Å². The fourth-order valence-electron chi connectivity index (χ4n) is 4.94. The first kappa shape index (κ1) is 24.8. The molecular formula is C28H27ClN6O2S. The van der Waals surface area contributed by atoms with E-state index in [9.17, 15) is 8.42 Å². The van der Waals surface area contributed by atoms with Gasteiger partial charge in [0.15, 0.2) is 5.65 Å². The van der Waals surface area contributed by atoms with Crippen molar-refractivity contribution in [3.8, 4) is 0 Å². The van der Waals surface area contributed by atoms with Crippen molar-refractivity contribution in [2.45, 2.75) is 29.8 Å². The Kier molecular flexibility index (Phi) is 6.51. The van der Waals surface area contributed by atoms with E-state index >= 15 is 0 Å². The molecule has 10 heteroatoms. The number of anilines is 1. The smallest absolute Gasteiger partial charge is 0.229 e. The first-order chi connectivity index (χ1) is 18.4. The number of aromatic nitrogens is 4. The summed E-state index contributed by atoms with van der Waals surface area (Å²) in [6.45, 7) is 6.13. The number of halogens is 1. The Bertz CT molecular complexity index is 1710. The van der Waals surface area contributed by atoms with Gasteiger partial charge in [-0.25, -0.2) is 13.4 Å². The van der Waals surface area contributed by atoms with Crippen LogP contribution in [0.3, 0.4) is 0 Å². The van der Waals surface area contributed by atoms with Gasteiger partial charge in [-0.3, -0.25) is 4.90 Å². The Morgan fingerprint density at radius 2 is 1.63 bits per heavy atom. The third-order valence-electron chi connectivity index (χ3n) is 7.07. The van der Waals surface area contributed by atoms with Crippen molar-refractivity contribution < 1.29 is 8.42 Å². The Morgan fingerprint density at radius 1 is 0.895 bits per heavy atom. The standard InChI is InChI=1S/C28H27ClN6O2S/c1-2-20-8-11-23(12-9-20)38(36,37)28-27-30-26(24-18-22(29)10-13-25(24)35(27)32-31-28)34-16-14-33(15-17-34)19-21-6-4-3-5-7-21/h3-13,18H,2,14-17,19H2,1H3. The number of benzene rings is 3. The number of hydrogen-bond donors (Lipinski definition) is 0. The summed E-state index contributed by atoms with van der Waals surface area (Å²) in [7, 11) is -3.92. The fourth-order valence-corrected chi connectivity index (χ4v) is 6.35. The van der Waals surface area contributed by atoms with E-state index in [-0.39, 0.29) is 15.6 Å². The largest absolute Gasteiger partial charge is 0.353 e. The predicted octanol–water partition coefficient (Wildman–Crippen LogP) is 4.65. The molecule has 0 spiro atoms. The molecule has 2 aromatic heterocycles. The van der Waals surface area contributed by atoms with Gasteiger partial charge in [0, 0.05) is 43.1 Å². The summed E-state index contributed by atoms with van der Waals surface area (Å²) < 4.78 is 28.7. The van der Waals surface area contributed by atoms with Crippen LogP contribution < -0.4 is 4.90 Å². The van der Waals surface area contributed by atoms with Gasteiger partial charge in [0.25, 0.3) is 0 Å². The van der Waals surface area contributed by atoms with E-state index in [1.807, 2.05) is 37.3 Å². The van der Waals surface area contributed by atoms with Crippen LogP contribution in [-0.2, 0) is 22.8 Å². The van der Waals surface area contributed by atoms with Crippen LogP contribution >= 0.6 is 11.6 Å². The molecule has 0 amide bonds. The molecule has 3 heterocycles. The van der Waals surface area contributed by atoms with Crippen LogP contribution in [0.1, 0.15) is 18.1 Å². The summed E-state index contributed by atoms with van der Waals surface area (Å²) in [5.41, 5.74) is 3.26. The van der Waals surface area contributed by atoms with Crippen LogP contribution in [0.2, 0.25) is 5.02 Å². The highest BCUT2D eigenvalue weighted by Crippen LogP contribution is 2.32. The molecule has 0 aliphatic carbocycles. The summed E-state index contributed by atoms with van der Waals surface area (Å²) in [4.78, 5) is 9.65. The van der Waals surface area contributed by atoms with E-state index < -0.39 is 9.84 Å². The minimum Gasteiger partial charge on any atom is -0.353 e. The molecule has 0 atom stereocenters. The number of aryl methyl sites for hydroxylation is 1. The van der Waals surface area contributed by atoms with E-state index in [2.05, 4.69) is 44.4 Å². The zero-order chi connectivity index (χ0) is 26.3. The van der Waals surface area contributed by atoms with Crippen molar-refractivity contribution in [2.75, 3.05) is 31.1 Å². The zero-order valence-electron chi connectivity index (χ0n) is 21.0. The van der Waals surface area contributed by atoms with Gasteiger partial charge in [0.2, 0.25) is 14.9 Å². The average molecular weight is 547 g/mol. The molecule has 0 unspecified atom stereocenters. The lowest BCUT2D eigenvalue weighted by molar-refractivity contribution is 0.249. The maximum absolute atomic E-state index is 13.6.